The molecule has 24 heavy (non-hydrogen) atoms. The van der Waals surface area contributed by atoms with Gasteiger partial charge in [-0.1, -0.05) is 55.8 Å². The van der Waals surface area contributed by atoms with Gasteiger partial charge < -0.3 is 0 Å². The molecule has 0 amide bonds. The van der Waals surface area contributed by atoms with Gasteiger partial charge in [0.2, 0.25) is 0 Å². The molecule has 3 rings (SSSR count). The lowest BCUT2D eigenvalue weighted by Crippen LogP contribution is -2.28. The van der Waals surface area contributed by atoms with Crippen molar-refractivity contribution in [1.29, 1.82) is 0 Å². The zero-order valence-electron chi connectivity index (χ0n) is 14.9. The van der Waals surface area contributed by atoms with Crippen LogP contribution in [0.3, 0.4) is 0 Å². The van der Waals surface area contributed by atoms with Gasteiger partial charge in [-0.05, 0) is 61.4 Å². The Morgan fingerprint density at radius 1 is 0.917 bits per heavy atom. The van der Waals surface area contributed by atoms with Crippen molar-refractivity contribution in [2.45, 2.75) is 40.0 Å². The summed E-state index contributed by atoms with van der Waals surface area (Å²) in [5, 5.41) is 2.88. The average Bonchev–Trinajstić information content (AvgIpc) is 2.59. The maximum absolute atomic E-state index is 4.29. The van der Waals surface area contributed by atoms with Gasteiger partial charge in [-0.25, -0.2) is 0 Å². The van der Waals surface area contributed by atoms with Crippen LogP contribution in [0.25, 0.3) is 0 Å². The van der Waals surface area contributed by atoms with Crippen LogP contribution in [0.5, 0.6) is 0 Å². The molecule has 2 aromatic carbocycles. The molecule has 2 aromatic rings. The van der Waals surface area contributed by atoms with Gasteiger partial charge in [-0.15, -0.1) is 0 Å². The van der Waals surface area contributed by atoms with Crippen molar-refractivity contribution >= 4 is 32.1 Å². The van der Waals surface area contributed by atoms with Gasteiger partial charge in [0.15, 0.2) is 21.5 Å². The van der Waals surface area contributed by atoms with Crippen molar-refractivity contribution < 1.29 is 0 Å². The van der Waals surface area contributed by atoms with E-state index < -0.39 is 5.96 Å². The summed E-state index contributed by atoms with van der Waals surface area (Å²) in [6.45, 7) is 7.21. The Hall–Kier alpha value is -0.910. The van der Waals surface area contributed by atoms with Gasteiger partial charge in [-0.2, -0.15) is 0 Å². The van der Waals surface area contributed by atoms with Gasteiger partial charge in [-0.3, -0.25) is 0 Å². The van der Waals surface area contributed by atoms with Crippen molar-refractivity contribution in [3.8, 4) is 0 Å². The molecule has 1 aliphatic carbocycles. The summed E-state index contributed by atoms with van der Waals surface area (Å²) < 4.78 is 0. The smallest absolute Gasteiger partial charge is 0.0699 e. The summed E-state index contributed by atoms with van der Waals surface area (Å²) in [6, 6.07) is 22.1. The van der Waals surface area contributed by atoms with E-state index in [-0.39, 0.29) is 0 Å². The Bertz CT molecular complexity index is 677. The molecule has 2 heteroatoms. The predicted octanol–water partition coefficient (Wildman–Crippen LogP) is 6.49. The van der Waals surface area contributed by atoms with Crippen LogP contribution in [0, 0.1) is 5.41 Å². The summed E-state index contributed by atoms with van der Waals surface area (Å²) in [7, 11) is 0. The minimum Gasteiger partial charge on any atom is -0.0699 e. The normalized spacial score (nSPS) is 17.8. The molecule has 0 saturated carbocycles. The van der Waals surface area contributed by atoms with Crippen molar-refractivity contribution in [3.05, 3.63) is 71.8 Å². The van der Waals surface area contributed by atoms with Crippen LogP contribution < -0.4 is 10.6 Å². The highest BCUT2D eigenvalue weighted by Crippen LogP contribution is 2.66. The Balaban J connectivity index is 2.10. The molecule has 0 heterocycles. The molecule has 0 nitrogen and oxygen atoms in total. The Kier molecular flexibility index (Phi) is 5.33. The number of rotatable bonds is 4. The average molecular weight is 402 g/mol. The summed E-state index contributed by atoms with van der Waals surface area (Å²) in [6.07, 6.45) is 5.03. The maximum Gasteiger partial charge on any atom is 0.152 e. The fraction of sp³-hybridized carbons (Fsp3) is 0.364. The summed E-state index contributed by atoms with van der Waals surface area (Å²) >= 11 is 4.29. The molecule has 0 saturated heterocycles. The van der Waals surface area contributed by atoms with E-state index in [1.54, 1.807) is 11.1 Å². The van der Waals surface area contributed by atoms with Crippen molar-refractivity contribution in [2.24, 2.45) is 5.41 Å². The van der Waals surface area contributed by atoms with E-state index in [0.29, 0.717) is 5.41 Å². The minimum atomic E-state index is -1.61. The molecule has 0 bridgehead atoms. The van der Waals surface area contributed by atoms with E-state index in [1.165, 1.54) is 29.9 Å². The quantitative estimate of drug-likeness (QED) is 0.405. The lowest BCUT2D eigenvalue weighted by atomic mass is 9.73. The van der Waals surface area contributed by atoms with E-state index in [2.05, 4.69) is 96.9 Å². The standard InChI is InChI=1S/C22H27BrP/c1-18-11-10-16-22(2,3)21(18)17-24(23,19-12-6-4-7-13-19)20-14-8-5-9-15-20/h4-9,12-15H,10-11,16-17H2,1-3H3/q+1. The third-order valence-electron chi connectivity index (χ3n) is 5.39. The van der Waals surface area contributed by atoms with Crippen LogP contribution in [0.2, 0.25) is 0 Å². The van der Waals surface area contributed by atoms with Crippen LogP contribution in [0.15, 0.2) is 71.8 Å². The molecular weight excluding hydrogens is 375 g/mol. The second kappa shape index (κ2) is 7.14. The number of hydrogen-bond donors (Lipinski definition) is 0. The Labute approximate surface area is 155 Å². The highest BCUT2D eigenvalue weighted by molar-refractivity contribution is 9.43. The van der Waals surface area contributed by atoms with E-state index in [9.17, 15) is 0 Å². The zero-order chi connectivity index (χ0) is 17.2. The van der Waals surface area contributed by atoms with Crippen LogP contribution >= 0.6 is 21.5 Å². The highest BCUT2D eigenvalue weighted by Gasteiger charge is 2.45. The SMILES string of the molecule is CC1=C(C[P+](Br)(c2ccccc2)c2ccccc2)C(C)(C)CCC1. The van der Waals surface area contributed by atoms with Gasteiger partial charge in [0.1, 0.15) is 16.8 Å². The van der Waals surface area contributed by atoms with Gasteiger partial charge in [0, 0.05) is 0 Å². The van der Waals surface area contributed by atoms with Crippen molar-refractivity contribution in [2.75, 3.05) is 6.16 Å². The Morgan fingerprint density at radius 3 is 1.88 bits per heavy atom. The number of halogens is 1. The van der Waals surface area contributed by atoms with Gasteiger partial charge in [0.05, 0.1) is 0 Å². The molecule has 1 aliphatic rings. The first-order valence-corrected chi connectivity index (χ1v) is 12.8. The maximum atomic E-state index is 4.29. The predicted molar refractivity (Wildman–Crippen MR) is 113 cm³/mol. The minimum absolute atomic E-state index is 0.310. The highest BCUT2D eigenvalue weighted by atomic mass is 79.9. The second-order valence-corrected chi connectivity index (χ2v) is 14.0. The third kappa shape index (κ3) is 3.53. The van der Waals surface area contributed by atoms with E-state index in [4.69, 9.17) is 0 Å². The van der Waals surface area contributed by atoms with E-state index in [0.717, 1.165) is 6.16 Å². The first-order chi connectivity index (χ1) is 11.4. The van der Waals surface area contributed by atoms with Crippen LogP contribution in [-0.4, -0.2) is 6.16 Å². The van der Waals surface area contributed by atoms with Crippen LogP contribution in [-0.2, 0) is 0 Å². The molecule has 0 spiro atoms. The molecule has 126 valence electrons. The van der Waals surface area contributed by atoms with Crippen molar-refractivity contribution in [1.82, 2.24) is 0 Å². The first kappa shape index (κ1) is 17.9. The van der Waals surface area contributed by atoms with Crippen LogP contribution in [0.1, 0.15) is 40.0 Å². The molecule has 0 N–H and O–H groups in total. The fourth-order valence-electron chi connectivity index (χ4n) is 3.90. The fourth-order valence-corrected chi connectivity index (χ4v) is 9.16. The second-order valence-electron chi connectivity index (χ2n) is 7.54. The van der Waals surface area contributed by atoms with E-state index in [1.807, 2.05) is 0 Å². The van der Waals surface area contributed by atoms with Crippen LogP contribution in [0.4, 0.5) is 0 Å². The molecule has 0 atom stereocenters. The number of hydrogen-bond acceptors (Lipinski definition) is 0. The molecular formula is C22H27BrP+. The zero-order valence-corrected chi connectivity index (χ0v) is 17.4. The number of allylic oxidation sites excluding steroid dienone is 2. The van der Waals surface area contributed by atoms with Gasteiger partial charge >= 0.3 is 0 Å². The lowest BCUT2D eigenvalue weighted by Gasteiger charge is -2.36. The lowest BCUT2D eigenvalue weighted by molar-refractivity contribution is 0.368. The summed E-state index contributed by atoms with van der Waals surface area (Å²) in [5.74, 6) is -1.61. The topological polar surface area (TPSA) is 0 Å². The molecule has 0 aromatic heterocycles. The molecule has 0 unspecified atom stereocenters. The Morgan fingerprint density at radius 2 is 1.42 bits per heavy atom. The summed E-state index contributed by atoms with van der Waals surface area (Å²) in [4.78, 5) is 0. The number of benzene rings is 2. The monoisotopic (exact) mass is 401 g/mol. The molecule has 0 aliphatic heterocycles. The van der Waals surface area contributed by atoms with Crippen molar-refractivity contribution in [3.63, 3.8) is 0 Å². The largest absolute Gasteiger partial charge is 0.152 e. The third-order valence-corrected chi connectivity index (χ3v) is 11.6. The van der Waals surface area contributed by atoms with Gasteiger partial charge in [0.25, 0.3) is 0 Å². The summed E-state index contributed by atoms with van der Waals surface area (Å²) in [5.41, 5.74) is 3.60. The molecule has 0 radical (unpaired) electrons. The van der Waals surface area contributed by atoms with E-state index >= 15 is 0 Å². The first-order valence-electron chi connectivity index (χ1n) is 8.81. The molecule has 0 fully saturated rings.